The van der Waals surface area contributed by atoms with Gasteiger partial charge in [0.1, 0.15) is 0 Å². The summed E-state index contributed by atoms with van der Waals surface area (Å²) >= 11 is 0. The SMILES string of the molecule is CC(O)CN1CCC(NC2CC2)CC1. The Morgan fingerprint density at radius 3 is 2.29 bits per heavy atom. The Morgan fingerprint density at radius 1 is 1.21 bits per heavy atom. The number of hydrogen-bond acceptors (Lipinski definition) is 3. The van der Waals surface area contributed by atoms with E-state index < -0.39 is 0 Å². The van der Waals surface area contributed by atoms with Crippen molar-refractivity contribution in [2.24, 2.45) is 0 Å². The molecule has 0 bridgehead atoms. The van der Waals surface area contributed by atoms with E-state index in [1.165, 1.54) is 25.7 Å². The first kappa shape index (κ1) is 10.4. The molecule has 1 unspecified atom stereocenters. The van der Waals surface area contributed by atoms with Gasteiger partial charge in [-0.15, -0.1) is 0 Å². The summed E-state index contributed by atoms with van der Waals surface area (Å²) in [5.74, 6) is 0. The van der Waals surface area contributed by atoms with Gasteiger partial charge in [0.15, 0.2) is 0 Å². The highest BCUT2D eigenvalue weighted by Gasteiger charge is 2.27. The Morgan fingerprint density at radius 2 is 1.79 bits per heavy atom. The molecule has 82 valence electrons. The van der Waals surface area contributed by atoms with Gasteiger partial charge in [0, 0.05) is 18.6 Å². The lowest BCUT2D eigenvalue weighted by Gasteiger charge is -2.33. The number of aliphatic hydroxyl groups excluding tert-OH is 1. The summed E-state index contributed by atoms with van der Waals surface area (Å²) < 4.78 is 0. The highest BCUT2D eigenvalue weighted by molar-refractivity contribution is 4.87. The summed E-state index contributed by atoms with van der Waals surface area (Å²) in [5.41, 5.74) is 0. The van der Waals surface area contributed by atoms with Crippen LogP contribution in [0.25, 0.3) is 0 Å². The first-order valence-corrected chi connectivity index (χ1v) is 5.90. The van der Waals surface area contributed by atoms with Crippen molar-refractivity contribution < 1.29 is 5.11 Å². The maximum Gasteiger partial charge on any atom is 0.0639 e. The van der Waals surface area contributed by atoms with Gasteiger partial charge >= 0.3 is 0 Å². The van der Waals surface area contributed by atoms with E-state index in [4.69, 9.17) is 0 Å². The second kappa shape index (κ2) is 4.60. The monoisotopic (exact) mass is 198 g/mol. The van der Waals surface area contributed by atoms with Gasteiger partial charge < -0.3 is 15.3 Å². The molecule has 1 aliphatic carbocycles. The average Bonchev–Trinajstić information content (AvgIpc) is 2.91. The van der Waals surface area contributed by atoms with E-state index in [2.05, 4.69) is 10.2 Å². The third-order valence-electron chi connectivity index (χ3n) is 3.16. The van der Waals surface area contributed by atoms with Crippen molar-refractivity contribution in [1.82, 2.24) is 10.2 Å². The van der Waals surface area contributed by atoms with Gasteiger partial charge in [0.2, 0.25) is 0 Å². The predicted molar refractivity (Wildman–Crippen MR) is 57.3 cm³/mol. The van der Waals surface area contributed by atoms with Gasteiger partial charge in [0.25, 0.3) is 0 Å². The van der Waals surface area contributed by atoms with E-state index in [9.17, 15) is 5.11 Å². The van der Waals surface area contributed by atoms with Gasteiger partial charge in [-0.25, -0.2) is 0 Å². The smallest absolute Gasteiger partial charge is 0.0639 e. The molecular formula is C11H22N2O. The molecule has 1 saturated carbocycles. The number of nitrogens with one attached hydrogen (secondary N) is 1. The minimum absolute atomic E-state index is 0.178. The molecule has 2 N–H and O–H groups in total. The van der Waals surface area contributed by atoms with Gasteiger partial charge in [0.05, 0.1) is 6.10 Å². The number of piperidine rings is 1. The van der Waals surface area contributed by atoms with Gasteiger partial charge in [-0.2, -0.15) is 0 Å². The number of hydrogen-bond donors (Lipinski definition) is 2. The van der Waals surface area contributed by atoms with Crippen LogP contribution in [-0.4, -0.2) is 47.8 Å². The standard InChI is InChI=1S/C11H22N2O/c1-9(14)8-13-6-4-11(5-7-13)12-10-2-3-10/h9-12,14H,2-8H2,1H3. The average molecular weight is 198 g/mol. The molecule has 1 aliphatic heterocycles. The molecule has 0 aromatic rings. The van der Waals surface area contributed by atoms with E-state index in [-0.39, 0.29) is 6.10 Å². The summed E-state index contributed by atoms with van der Waals surface area (Å²) in [4.78, 5) is 2.37. The Balaban J connectivity index is 1.63. The molecular weight excluding hydrogens is 176 g/mol. The Hall–Kier alpha value is -0.120. The summed E-state index contributed by atoms with van der Waals surface area (Å²) in [5, 5.41) is 12.9. The molecule has 3 heteroatoms. The maximum absolute atomic E-state index is 9.27. The lowest BCUT2D eigenvalue weighted by molar-refractivity contribution is 0.105. The van der Waals surface area contributed by atoms with Crippen LogP contribution in [0.2, 0.25) is 0 Å². The fraction of sp³-hybridized carbons (Fsp3) is 1.00. The summed E-state index contributed by atoms with van der Waals surface area (Å²) in [6.45, 7) is 5.01. The van der Waals surface area contributed by atoms with Crippen molar-refractivity contribution in [2.75, 3.05) is 19.6 Å². The van der Waals surface area contributed by atoms with Crippen LogP contribution < -0.4 is 5.32 Å². The zero-order valence-corrected chi connectivity index (χ0v) is 9.08. The number of rotatable bonds is 4. The molecule has 3 nitrogen and oxygen atoms in total. The number of β-amino-alcohol motifs (C(OH)–C–C–N with tert-alkyl or cyclic N) is 1. The molecule has 0 aromatic carbocycles. The van der Waals surface area contributed by atoms with E-state index in [1.807, 2.05) is 6.92 Å². The van der Waals surface area contributed by atoms with E-state index in [0.29, 0.717) is 0 Å². The molecule has 0 amide bonds. The fourth-order valence-corrected chi connectivity index (χ4v) is 2.24. The molecule has 1 saturated heterocycles. The number of nitrogens with zero attached hydrogens (tertiary/aromatic N) is 1. The minimum Gasteiger partial charge on any atom is -0.392 e. The van der Waals surface area contributed by atoms with Crippen LogP contribution >= 0.6 is 0 Å². The Labute approximate surface area is 86.5 Å². The van der Waals surface area contributed by atoms with Crippen molar-refractivity contribution in [2.45, 2.75) is 50.8 Å². The number of likely N-dealkylation sites (tertiary alicyclic amines) is 1. The number of aliphatic hydroxyl groups is 1. The van der Waals surface area contributed by atoms with Crippen molar-refractivity contribution >= 4 is 0 Å². The second-order valence-electron chi connectivity index (χ2n) is 4.86. The van der Waals surface area contributed by atoms with Crippen LogP contribution in [0.3, 0.4) is 0 Å². The van der Waals surface area contributed by atoms with Gasteiger partial charge in [-0.05, 0) is 45.7 Å². The van der Waals surface area contributed by atoms with E-state index in [1.54, 1.807) is 0 Å². The minimum atomic E-state index is -0.178. The Bertz CT molecular complexity index is 160. The van der Waals surface area contributed by atoms with Gasteiger partial charge in [-0.1, -0.05) is 0 Å². The quantitative estimate of drug-likeness (QED) is 0.694. The van der Waals surface area contributed by atoms with Crippen molar-refractivity contribution in [3.05, 3.63) is 0 Å². The molecule has 14 heavy (non-hydrogen) atoms. The van der Waals surface area contributed by atoms with E-state index >= 15 is 0 Å². The van der Waals surface area contributed by atoms with E-state index in [0.717, 1.165) is 31.7 Å². The highest BCUT2D eigenvalue weighted by Crippen LogP contribution is 2.22. The summed E-state index contributed by atoms with van der Waals surface area (Å²) in [6.07, 6.45) is 5.09. The topological polar surface area (TPSA) is 35.5 Å². The molecule has 1 heterocycles. The molecule has 2 rings (SSSR count). The highest BCUT2D eigenvalue weighted by atomic mass is 16.3. The van der Waals surface area contributed by atoms with Crippen LogP contribution in [-0.2, 0) is 0 Å². The molecule has 0 radical (unpaired) electrons. The zero-order valence-electron chi connectivity index (χ0n) is 9.08. The molecule has 0 aromatic heterocycles. The maximum atomic E-state index is 9.27. The summed E-state index contributed by atoms with van der Waals surface area (Å²) in [7, 11) is 0. The molecule has 1 atom stereocenters. The van der Waals surface area contributed by atoms with Crippen LogP contribution in [0.1, 0.15) is 32.6 Å². The third-order valence-corrected chi connectivity index (χ3v) is 3.16. The molecule has 2 aliphatic rings. The zero-order chi connectivity index (χ0) is 9.97. The largest absolute Gasteiger partial charge is 0.392 e. The van der Waals surface area contributed by atoms with Crippen molar-refractivity contribution in [3.8, 4) is 0 Å². The fourth-order valence-electron chi connectivity index (χ4n) is 2.24. The summed E-state index contributed by atoms with van der Waals surface area (Å²) in [6, 6.07) is 1.58. The first-order chi connectivity index (χ1) is 6.74. The first-order valence-electron chi connectivity index (χ1n) is 5.90. The van der Waals surface area contributed by atoms with Crippen molar-refractivity contribution in [3.63, 3.8) is 0 Å². The normalized spacial score (nSPS) is 27.9. The lowest BCUT2D eigenvalue weighted by Crippen LogP contribution is -2.45. The van der Waals surface area contributed by atoms with Crippen LogP contribution in [0.5, 0.6) is 0 Å². The van der Waals surface area contributed by atoms with Crippen LogP contribution in [0, 0.1) is 0 Å². The third kappa shape index (κ3) is 3.23. The van der Waals surface area contributed by atoms with Crippen molar-refractivity contribution in [1.29, 1.82) is 0 Å². The Kier molecular flexibility index (Phi) is 3.42. The van der Waals surface area contributed by atoms with Crippen LogP contribution in [0.15, 0.2) is 0 Å². The van der Waals surface area contributed by atoms with Gasteiger partial charge in [-0.3, -0.25) is 0 Å². The second-order valence-corrected chi connectivity index (χ2v) is 4.86. The molecule has 2 fully saturated rings. The lowest BCUT2D eigenvalue weighted by atomic mass is 10.0. The van der Waals surface area contributed by atoms with Crippen LogP contribution in [0.4, 0.5) is 0 Å². The predicted octanol–water partition coefficient (Wildman–Crippen LogP) is 0.584. The molecule has 0 spiro atoms.